The van der Waals surface area contributed by atoms with Crippen molar-refractivity contribution < 1.29 is 9.59 Å². The summed E-state index contributed by atoms with van der Waals surface area (Å²) in [5, 5.41) is 17.8. The van der Waals surface area contributed by atoms with Crippen LogP contribution in [-0.4, -0.2) is 41.1 Å². The number of hydrazone groups is 1. The second kappa shape index (κ2) is 10.8. The van der Waals surface area contributed by atoms with Gasteiger partial charge in [-0.05, 0) is 6.42 Å². The molecule has 0 atom stereocenters. The lowest BCUT2D eigenvalue weighted by molar-refractivity contribution is -0.114. The third kappa shape index (κ3) is 6.08. The lowest BCUT2D eigenvalue weighted by Gasteiger charge is -2.04. The molecule has 0 aromatic carbocycles. The molecule has 1 aromatic heterocycles. The summed E-state index contributed by atoms with van der Waals surface area (Å²) in [6.07, 6.45) is 6.68. The first-order valence-corrected chi connectivity index (χ1v) is 7.91. The van der Waals surface area contributed by atoms with Crippen molar-refractivity contribution in [2.75, 3.05) is 19.0 Å². The topological polar surface area (TPSA) is 135 Å². The Balaban J connectivity index is 2.52. The maximum Gasteiger partial charge on any atom is 0.282 e. The SMILES string of the molecule is CCCCCCCNC(=O)/C(C#N)=N/Nc1nc[nH]c1C(=O)NC. The molecular formula is C15H23N7O2. The summed E-state index contributed by atoms with van der Waals surface area (Å²) in [5.74, 6) is -0.813. The van der Waals surface area contributed by atoms with Crippen molar-refractivity contribution in [3.05, 3.63) is 12.0 Å². The van der Waals surface area contributed by atoms with Gasteiger partial charge in [0.2, 0.25) is 5.71 Å². The monoisotopic (exact) mass is 333 g/mol. The molecule has 1 heterocycles. The molecule has 24 heavy (non-hydrogen) atoms. The van der Waals surface area contributed by atoms with Crippen LogP contribution in [0.5, 0.6) is 0 Å². The smallest absolute Gasteiger partial charge is 0.282 e. The van der Waals surface area contributed by atoms with Crippen LogP contribution >= 0.6 is 0 Å². The Bertz CT molecular complexity index is 616. The fourth-order valence-corrected chi connectivity index (χ4v) is 1.93. The minimum absolute atomic E-state index is 0.134. The van der Waals surface area contributed by atoms with Gasteiger partial charge in [0.1, 0.15) is 11.8 Å². The Morgan fingerprint density at radius 3 is 2.75 bits per heavy atom. The number of nitrogens with zero attached hydrogens (tertiary/aromatic N) is 3. The van der Waals surface area contributed by atoms with Gasteiger partial charge in [0.25, 0.3) is 11.8 Å². The molecule has 0 fully saturated rings. The van der Waals surface area contributed by atoms with Gasteiger partial charge in [-0.3, -0.25) is 15.0 Å². The molecule has 0 aliphatic carbocycles. The lowest BCUT2D eigenvalue weighted by atomic mass is 10.1. The molecule has 0 aliphatic heterocycles. The van der Waals surface area contributed by atoms with Crippen LogP contribution in [0.4, 0.5) is 5.82 Å². The van der Waals surface area contributed by atoms with E-state index in [0.717, 1.165) is 25.7 Å². The number of aromatic nitrogens is 2. The Kier molecular flexibility index (Phi) is 8.60. The number of hydrogen-bond donors (Lipinski definition) is 4. The average Bonchev–Trinajstić information content (AvgIpc) is 3.06. The Morgan fingerprint density at radius 2 is 2.08 bits per heavy atom. The van der Waals surface area contributed by atoms with E-state index in [1.807, 2.05) is 0 Å². The molecule has 0 aliphatic rings. The van der Waals surface area contributed by atoms with Gasteiger partial charge in [-0.2, -0.15) is 10.4 Å². The Hall–Kier alpha value is -2.89. The highest BCUT2D eigenvalue weighted by Gasteiger charge is 2.14. The van der Waals surface area contributed by atoms with Crippen molar-refractivity contribution in [2.45, 2.75) is 39.0 Å². The molecule has 0 radical (unpaired) electrons. The number of carbonyl (C=O) groups is 2. The maximum atomic E-state index is 11.9. The highest BCUT2D eigenvalue weighted by molar-refractivity contribution is 6.45. The lowest BCUT2D eigenvalue weighted by Crippen LogP contribution is -2.31. The van der Waals surface area contributed by atoms with Crippen LogP contribution in [-0.2, 0) is 4.79 Å². The minimum atomic E-state index is -0.558. The van der Waals surface area contributed by atoms with Gasteiger partial charge in [-0.25, -0.2) is 4.98 Å². The number of carbonyl (C=O) groups excluding carboxylic acids is 2. The van der Waals surface area contributed by atoms with E-state index >= 15 is 0 Å². The third-order valence-electron chi connectivity index (χ3n) is 3.25. The van der Waals surface area contributed by atoms with Crippen LogP contribution in [0.15, 0.2) is 11.4 Å². The standard InChI is InChI=1S/C15H23N7O2/c1-3-4-5-6-7-8-18-14(23)11(9-16)21-22-13-12(15(24)17-2)19-10-20-13/h10,22H,3-8H2,1-2H3,(H,17,24)(H,18,23)(H,19,20)/b21-11+. The zero-order chi connectivity index (χ0) is 17.8. The molecule has 9 nitrogen and oxygen atoms in total. The molecule has 1 aromatic rings. The van der Waals surface area contributed by atoms with E-state index in [2.05, 4.69) is 38.1 Å². The average molecular weight is 333 g/mol. The van der Waals surface area contributed by atoms with Crippen molar-refractivity contribution in [2.24, 2.45) is 5.10 Å². The van der Waals surface area contributed by atoms with Gasteiger partial charge in [0, 0.05) is 13.6 Å². The van der Waals surface area contributed by atoms with Crippen LogP contribution < -0.4 is 16.1 Å². The second-order valence-corrected chi connectivity index (χ2v) is 5.06. The predicted molar refractivity (Wildman–Crippen MR) is 90.4 cm³/mol. The zero-order valence-electron chi connectivity index (χ0n) is 14.0. The molecule has 9 heteroatoms. The molecule has 0 spiro atoms. The molecule has 0 saturated heterocycles. The summed E-state index contributed by atoms with van der Waals surface area (Å²) >= 11 is 0. The molecule has 130 valence electrons. The van der Waals surface area contributed by atoms with E-state index in [0.29, 0.717) is 6.54 Å². The van der Waals surface area contributed by atoms with Crippen molar-refractivity contribution in [3.8, 4) is 6.07 Å². The number of nitrogens with one attached hydrogen (secondary N) is 4. The van der Waals surface area contributed by atoms with Crippen molar-refractivity contribution in [3.63, 3.8) is 0 Å². The van der Waals surface area contributed by atoms with Gasteiger partial charge >= 0.3 is 0 Å². The molecular weight excluding hydrogens is 310 g/mol. The quantitative estimate of drug-likeness (QED) is 0.289. The fourth-order valence-electron chi connectivity index (χ4n) is 1.93. The highest BCUT2D eigenvalue weighted by atomic mass is 16.2. The van der Waals surface area contributed by atoms with E-state index < -0.39 is 5.91 Å². The minimum Gasteiger partial charge on any atom is -0.354 e. The number of anilines is 1. The van der Waals surface area contributed by atoms with Gasteiger partial charge in [0.05, 0.1) is 6.33 Å². The first kappa shape index (κ1) is 19.2. The van der Waals surface area contributed by atoms with Crippen molar-refractivity contribution in [1.29, 1.82) is 5.26 Å². The summed E-state index contributed by atoms with van der Waals surface area (Å²) in [5.41, 5.74) is 2.30. The van der Waals surface area contributed by atoms with Crippen LogP contribution in [0.3, 0.4) is 0 Å². The molecule has 2 amide bonds. The zero-order valence-corrected chi connectivity index (χ0v) is 14.0. The second-order valence-electron chi connectivity index (χ2n) is 5.06. The summed E-state index contributed by atoms with van der Waals surface area (Å²) < 4.78 is 0. The number of nitriles is 1. The predicted octanol–water partition coefficient (Wildman–Crippen LogP) is 1.15. The number of aromatic amines is 1. The normalized spacial score (nSPS) is 10.8. The Labute approximate surface area is 140 Å². The van der Waals surface area contributed by atoms with Gasteiger partial charge in [0.15, 0.2) is 5.82 Å². The first-order valence-electron chi connectivity index (χ1n) is 7.91. The van der Waals surface area contributed by atoms with E-state index in [9.17, 15) is 9.59 Å². The van der Waals surface area contributed by atoms with Crippen LogP contribution in [0.1, 0.15) is 49.5 Å². The fraction of sp³-hybridized carbons (Fsp3) is 0.533. The van der Waals surface area contributed by atoms with Crippen LogP contribution in [0.2, 0.25) is 0 Å². The van der Waals surface area contributed by atoms with Crippen molar-refractivity contribution in [1.82, 2.24) is 20.6 Å². The number of amides is 2. The number of imidazole rings is 1. The largest absolute Gasteiger partial charge is 0.354 e. The summed E-state index contributed by atoms with van der Waals surface area (Å²) in [6, 6.07) is 1.73. The van der Waals surface area contributed by atoms with Gasteiger partial charge in [-0.15, -0.1) is 0 Å². The summed E-state index contributed by atoms with van der Waals surface area (Å²) in [6.45, 7) is 2.63. The highest BCUT2D eigenvalue weighted by Crippen LogP contribution is 2.08. The number of rotatable bonds is 10. The molecule has 0 saturated carbocycles. The van der Waals surface area contributed by atoms with Crippen LogP contribution in [0, 0.1) is 11.3 Å². The summed E-state index contributed by atoms with van der Waals surface area (Å²) in [4.78, 5) is 30.0. The molecule has 4 N–H and O–H groups in total. The summed E-state index contributed by atoms with van der Waals surface area (Å²) in [7, 11) is 1.48. The number of unbranched alkanes of at least 4 members (excludes halogenated alkanes) is 4. The van der Waals surface area contributed by atoms with E-state index in [1.165, 1.54) is 19.8 Å². The van der Waals surface area contributed by atoms with Crippen LogP contribution in [0.25, 0.3) is 0 Å². The molecule has 0 unspecified atom stereocenters. The maximum absolute atomic E-state index is 11.9. The Morgan fingerprint density at radius 1 is 1.33 bits per heavy atom. The number of hydrogen-bond acceptors (Lipinski definition) is 6. The van der Waals surface area contributed by atoms with E-state index in [1.54, 1.807) is 6.07 Å². The third-order valence-corrected chi connectivity index (χ3v) is 3.25. The van der Waals surface area contributed by atoms with Gasteiger partial charge < -0.3 is 15.6 Å². The van der Waals surface area contributed by atoms with Crippen molar-refractivity contribution >= 4 is 23.3 Å². The van der Waals surface area contributed by atoms with E-state index in [-0.39, 0.29) is 23.1 Å². The number of H-pyrrole nitrogens is 1. The molecule has 1 rings (SSSR count). The first-order chi connectivity index (χ1) is 11.6. The molecule has 0 bridgehead atoms. The van der Waals surface area contributed by atoms with E-state index in [4.69, 9.17) is 5.26 Å². The van der Waals surface area contributed by atoms with Gasteiger partial charge in [-0.1, -0.05) is 32.6 Å².